The molecule has 1 heterocycles. The summed E-state index contributed by atoms with van der Waals surface area (Å²) in [5.41, 5.74) is 0.269. The fraction of sp³-hybridized carbons (Fsp3) is 0.529. The zero-order valence-corrected chi connectivity index (χ0v) is 14.4. The molecule has 1 aromatic carbocycles. The number of carbonyl (C=O) groups excluding carboxylic acids is 2. The Hall–Kier alpha value is -1.75. The van der Waals surface area contributed by atoms with Gasteiger partial charge in [0, 0.05) is 6.54 Å². The van der Waals surface area contributed by atoms with Crippen molar-refractivity contribution in [3.8, 4) is 0 Å². The topological polar surface area (TPSA) is 55.8 Å². The molecule has 5 nitrogen and oxygen atoms in total. The highest BCUT2D eigenvalue weighted by Gasteiger charge is 2.41. The number of carbonyl (C=O) groups is 2. The summed E-state index contributed by atoms with van der Waals surface area (Å²) in [5.74, 6) is -0.456. The number of hydrogen-bond donors (Lipinski definition) is 0. The molecule has 1 aliphatic heterocycles. The van der Waals surface area contributed by atoms with Gasteiger partial charge in [-0.2, -0.15) is 0 Å². The second kappa shape index (κ2) is 7.21. The molecule has 2 rings (SSSR count). The van der Waals surface area contributed by atoms with Crippen LogP contribution in [0.3, 0.4) is 0 Å². The average molecular weight is 340 g/mol. The Morgan fingerprint density at radius 2 is 1.91 bits per heavy atom. The summed E-state index contributed by atoms with van der Waals surface area (Å²) in [4.78, 5) is 25.9. The van der Waals surface area contributed by atoms with Crippen LogP contribution in [0.5, 0.6) is 0 Å². The van der Waals surface area contributed by atoms with Crippen molar-refractivity contribution < 1.29 is 19.1 Å². The van der Waals surface area contributed by atoms with Gasteiger partial charge in [-0.05, 0) is 32.8 Å². The van der Waals surface area contributed by atoms with E-state index in [9.17, 15) is 9.59 Å². The maximum Gasteiger partial charge on any atom is 0.411 e. The number of ether oxygens (including phenoxy) is 2. The lowest BCUT2D eigenvalue weighted by Gasteiger charge is -2.27. The summed E-state index contributed by atoms with van der Waals surface area (Å²) < 4.78 is 10.7. The highest BCUT2D eigenvalue weighted by Crippen LogP contribution is 2.25. The molecule has 2 unspecified atom stereocenters. The number of amides is 1. The van der Waals surface area contributed by atoms with Gasteiger partial charge in [0.2, 0.25) is 0 Å². The van der Waals surface area contributed by atoms with Crippen LogP contribution in [-0.2, 0) is 20.9 Å². The number of alkyl halides is 1. The van der Waals surface area contributed by atoms with E-state index in [1.165, 1.54) is 4.90 Å². The molecule has 0 spiro atoms. The summed E-state index contributed by atoms with van der Waals surface area (Å²) in [6.07, 6.45) is -0.170. The molecule has 0 bridgehead atoms. The zero-order chi connectivity index (χ0) is 17.0. The second-order valence-corrected chi connectivity index (χ2v) is 7.19. The third-order valence-electron chi connectivity index (χ3n) is 3.37. The Balaban J connectivity index is 1.98. The van der Waals surface area contributed by atoms with Gasteiger partial charge in [0.15, 0.2) is 0 Å². The third kappa shape index (κ3) is 5.13. The van der Waals surface area contributed by atoms with E-state index >= 15 is 0 Å². The number of likely N-dealkylation sites (tertiary alicyclic amines) is 1. The molecule has 1 saturated heterocycles. The van der Waals surface area contributed by atoms with Gasteiger partial charge in [-0.15, -0.1) is 11.6 Å². The van der Waals surface area contributed by atoms with E-state index < -0.39 is 23.7 Å². The molecule has 6 heteroatoms. The van der Waals surface area contributed by atoms with Gasteiger partial charge in [-0.25, -0.2) is 9.59 Å². The fourth-order valence-corrected chi connectivity index (χ4v) is 2.67. The fourth-order valence-electron chi connectivity index (χ4n) is 2.36. The van der Waals surface area contributed by atoms with E-state index in [1.807, 2.05) is 30.3 Å². The van der Waals surface area contributed by atoms with Crippen LogP contribution in [0, 0.1) is 0 Å². The lowest BCUT2D eigenvalue weighted by molar-refractivity contribution is -0.150. The highest BCUT2D eigenvalue weighted by atomic mass is 35.5. The number of nitrogens with zero attached hydrogens (tertiary/aromatic N) is 1. The van der Waals surface area contributed by atoms with Crippen molar-refractivity contribution in [3.63, 3.8) is 0 Å². The van der Waals surface area contributed by atoms with Crippen molar-refractivity contribution in [1.29, 1.82) is 0 Å². The van der Waals surface area contributed by atoms with E-state index in [0.29, 0.717) is 6.42 Å². The summed E-state index contributed by atoms with van der Waals surface area (Å²) in [6.45, 7) is 5.79. The van der Waals surface area contributed by atoms with Gasteiger partial charge in [0.1, 0.15) is 18.2 Å². The molecule has 0 N–H and O–H groups in total. The first kappa shape index (κ1) is 17.6. The molecule has 0 aliphatic carbocycles. The summed E-state index contributed by atoms with van der Waals surface area (Å²) >= 11 is 6.12. The molecule has 1 aromatic rings. The minimum absolute atomic E-state index is 0.172. The van der Waals surface area contributed by atoms with Crippen molar-refractivity contribution in [2.45, 2.75) is 50.8 Å². The molecule has 2 atom stereocenters. The summed E-state index contributed by atoms with van der Waals surface area (Å²) in [5, 5.41) is -0.281. The van der Waals surface area contributed by atoms with Crippen LogP contribution in [0.15, 0.2) is 30.3 Å². The van der Waals surface area contributed by atoms with Crippen LogP contribution >= 0.6 is 11.6 Å². The molecule has 126 valence electrons. The molecule has 0 saturated carbocycles. The maximum absolute atomic E-state index is 12.3. The number of hydrogen-bond acceptors (Lipinski definition) is 4. The quantitative estimate of drug-likeness (QED) is 0.626. The third-order valence-corrected chi connectivity index (χ3v) is 3.69. The van der Waals surface area contributed by atoms with E-state index in [1.54, 1.807) is 20.8 Å². The van der Waals surface area contributed by atoms with E-state index in [-0.39, 0.29) is 18.5 Å². The molecule has 0 aromatic heterocycles. The first-order valence-electron chi connectivity index (χ1n) is 7.60. The van der Waals surface area contributed by atoms with E-state index in [2.05, 4.69) is 0 Å². The van der Waals surface area contributed by atoms with Gasteiger partial charge in [-0.3, -0.25) is 4.90 Å². The van der Waals surface area contributed by atoms with Crippen LogP contribution < -0.4 is 0 Å². The molecule has 1 aliphatic rings. The van der Waals surface area contributed by atoms with Crippen LogP contribution in [0.25, 0.3) is 0 Å². The van der Waals surface area contributed by atoms with Crippen LogP contribution in [0.2, 0.25) is 0 Å². The molecule has 1 amide bonds. The molecular weight excluding hydrogens is 318 g/mol. The Kier molecular flexibility index (Phi) is 5.52. The van der Waals surface area contributed by atoms with Crippen molar-refractivity contribution in [2.75, 3.05) is 6.54 Å². The SMILES string of the molecule is CC(C)(C)OC(=O)N1CC(Cl)CC1C(=O)OCc1ccccc1. The first-order chi connectivity index (χ1) is 10.8. The van der Waals surface area contributed by atoms with Gasteiger partial charge >= 0.3 is 12.1 Å². The van der Waals surface area contributed by atoms with Crippen molar-refractivity contribution in [3.05, 3.63) is 35.9 Å². The Labute approximate surface area is 141 Å². The number of rotatable bonds is 3. The van der Waals surface area contributed by atoms with E-state index in [0.717, 1.165) is 5.56 Å². The second-order valence-electron chi connectivity index (χ2n) is 6.57. The first-order valence-corrected chi connectivity index (χ1v) is 8.04. The average Bonchev–Trinajstić information content (AvgIpc) is 2.86. The van der Waals surface area contributed by atoms with E-state index in [4.69, 9.17) is 21.1 Å². The number of esters is 1. The van der Waals surface area contributed by atoms with Gasteiger partial charge < -0.3 is 9.47 Å². The lowest BCUT2D eigenvalue weighted by Crippen LogP contribution is -2.44. The van der Waals surface area contributed by atoms with Crippen molar-refractivity contribution in [1.82, 2.24) is 4.90 Å². The lowest BCUT2D eigenvalue weighted by atomic mass is 10.2. The molecule has 23 heavy (non-hydrogen) atoms. The monoisotopic (exact) mass is 339 g/mol. The minimum atomic E-state index is -0.698. The molecule has 1 fully saturated rings. The Morgan fingerprint density at radius 1 is 1.26 bits per heavy atom. The predicted molar refractivity (Wildman–Crippen MR) is 87.2 cm³/mol. The minimum Gasteiger partial charge on any atom is -0.459 e. The molecule has 0 radical (unpaired) electrons. The van der Waals surface area contributed by atoms with Crippen LogP contribution in [0.4, 0.5) is 4.79 Å². The standard InChI is InChI=1S/C17H22ClNO4/c1-17(2,3)23-16(21)19-10-13(18)9-14(19)15(20)22-11-12-7-5-4-6-8-12/h4-8,13-14H,9-11H2,1-3H3. The zero-order valence-electron chi connectivity index (χ0n) is 13.6. The van der Waals surface area contributed by atoms with Gasteiger partial charge in [-0.1, -0.05) is 30.3 Å². The smallest absolute Gasteiger partial charge is 0.411 e. The van der Waals surface area contributed by atoms with Crippen molar-refractivity contribution >= 4 is 23.7 Å². The van der Waals surface area contributed by atoms with Crippen LogP contribution in [0.1, 0.15) is 32.8 Å². The molecular formula is C17H22ClNO4. The van der Waals surface area contributed by atoms with Gasteiger partial charge in [0.05, 0.1) is 5.38 Å². The Bertz CT molecular complexity index is 555. The Morgan fingerprint density at radius 3 is 2.52 bits per heavy atom. The highest BCUT2D eigenvalue weighted by molar-refractivity contribution is 6.21. The van der Waals surface area contributed by atoms with Gasteiger partial charge in [0.25, 0.3) is 0 Å². The largest absolute Gasteiger partial charge is 0.459 e. The number of halogens is 1. The maximum atomic E-state index is 12.3. The summed E-state index contributed by atoms with van der Waals surface area (Å²) in [7, 11) is 0. The summed E-state index contributed by atoms with van der Waals surface area (Å²) in [6, 6.07) is 8.69. The van der Waals surface area contributed by atoms with Crippen LogP contribution in [-0.4, -0.2) is 40.5 Å². The number of benzene rings is 1. The van der Waals surface area contributed by atoms with Crippen molar-refractivity contribution in [2.24, 2.45) is 0 Å². The normalized spacial score (nSPS) is 21.1. The predicted octanol–water partition coefficient (Wildman–Crippen LogP) is 3.35.